The lowest BCUT2D eigenvalue weighted by Crippen LogP contribution is -2.33. The minimum Gasteiger partial charge on any atom is -0.496 e. The van der Waals surface area contributed by atoms with E-state index in [2.05, 4.69) is 31.1 Å². The largest absolute Gasteiger partial charge is 0.496 e. The lowest BCUT2D eigenvalue weighted by Gasteiger charge is -2.21. The average molecular weight is 296 g/mol. The Labute approximate surface area is 128 Å². The van der Waals surface area contributed by atoms with Crippen LogP contribution in [-0.2, 0) is 6.54 Å². The predicted molar refractivity (Wildman–Crippen MR) is 85.6 cm³/mol. The van der Waals surface area contributed by atoms with Crippen LogP contribution in [0.3, 0.4) is 0 Å². The van der Waals surface area contributed by atoms with Crippen LogP contribution in [0.1, 0.15) is 19.4 Å². The van der Waals surface area contributed by atoms with Crippen LogP contribution in [0, 0.1) is 0 Å². The summed E-state index contributed by atoms with van der Waals surface area (Å²) in [6.07, 6.45) is 0. The van der Waals surface area contributed by atoms with Gasteiger partial charge >= 0.3 is 0 Å². The summed E-state index contributed by atoms with van der Waals surface area (Å²) in [5.74, 6) is 2.20. The molecule has 5 nitrogen and oxygen atoms in total. The van der Waals surface area contributed by atoms with Crippen LogP contribution < -0.4 is 19.5 Å². The Morgan fingerprint density at radius 1 is 1.00 bits per heavy atom. The normalized spacial score (nSPS) is 11.0. The summed E-state index contributed by atoms with van der Waals surface area (Å²) < 4.78 is 16.0. The number of benzene rings is 1. The van der Waals surface area contributed by atoms with Gasteiger partial charge in [0.1, 0.15) is 5.75 Å². The van der Waals surface area contributed by atoms with E-state index < -0.39 is 0 Å². The molecule has 0 atom stereocenters. The minimum absolute atomic E-state index is 0.558. The van der Waals surface area contributed by atoms with Crippen LogP contribution >= 0.6 is 0 Å². The first kappa shape index (κ1) is 17.6. The van der Waals surface area contributed by atoms with Crippen molar-refractivity contribution in [2.75, 3.05) is 41.5 Å². The van der Waals surface area contributed by atoms with E-state index in [4.69, 9.17) is 14.2 Å². The number of ether oxygens (including phenoxy) is 3. The van der Waals surface area contributed by atoms with Crippen LogP contribution in [0.2, 0.25) is 0 Å². The van der Waals surface area contributed by atoms with Gasteiger partial charge in [0.2, 0.25) is 0 Å². The number of nitrogens with one attached hydrogen (secondary N) is 1. The molecule has 0 radical (unpaired) electrons. The summed E-state index contributed by atoms with van der Waals surface area (Å²) in [7, 11) is 7.05. The molecule has 0 saturated heterocycles. The molecule has 0 aliphatic rings. The number of hydrogen-bond acceptors (Lipinski definition) is 5. The number of hydrogen-bond donors (Lipinski definition) is 1. The maximum Gasteiger partial charge on any atom is 0.164 e. The molecule has 1 aromatic rings. The van der Waals surface area contributed by atoms with E-state index in [-0.39, 0.29) is 0 Å². The van der Waals surface area contributed by atoms with Crippen molar-refractivity contribution in [3.8, 4) is 17.2 Å². The number of nitrogens with zero attached hydrogens (tertiary/aromatic N) is 1. The number of methoxy groups -OCH3 is 3. The quantitative estimate of drug-likeness (QED) is 0.707. The van der Waals surface area contributed by atoms with Gasteiger partial charge in [0, 0.05) is 37.3 Å². The number of likely N-dealkylation sites (N-methyl/N-ethyl adjacent to an activating group) is 1. The van der Waals surface area contributed by atoms with E-state index >= 15 is 0 Å². The van der Waals surface area contributed by atoms with Crippen molar-refractivity contribution in [1.29, 1.82) is 0 Å². The third kappa shape index (κ3) is 5.10. The monoisotopic (exact) mass is 296 g/mol. The van der Waals surface area contributed by atoms with Gasteiger partial charge in [-0.05, 0) is 27.0 Å². The zero-order valence-corrected chi connectivity index (χ0v) is 14.0. The fourth-order valence-corrected chi connectivity index (χ4v) is 1.97. The Morgan fingerprint density at radius 2 is 1.57 bits per heavy atom. The van der Waals surface area contributed by atoms with Gasteiger partial charge in [-0.3, -0.25) is 0 Å². The van der Waals surface area contributed by atoms with Crippen molar-refractivity contribution in [2.24, 2.45) is 0 Å². The van der Waals surface area contributed by atoms with Gasteiger partial charge in [0.25, 0.3) is 0 Å². The van der Waals surface area contributed by atoms with E-state index in [1.54, 1.807) is 21.3 Å². The first-order chi connectivity index (χ1) is 10.0. The smallest absolute Gasteiger partial charge is 0.164 e. The summed E-state index contributed by atoms with van der Waals surface area (Å²) >= 11 is 0. The van der Waals surface area contributed by atoms with Gasteiger partial charge in [0.05, 0.1) is 21.3 Å². The molecule has 0 amide bonds. The molecule has 0 aromatic heterocycles. The fraction of sp³-hybridized carbons (Fsp3) is 0.625. The van der Waals surface area contributed by atoms with Gasteiger partial charge < -0.3 is 24.4 Å². The molecule has 0 aliphatic carbocycles. The van der Waals surface area contributed by atoms with Gasteiger partial charge in [-0.15, -0.1) is 0 Å². The van der Waals surface area contributed by atoms with E-state index in [9.17, 15) is 0 Å². The van der Waals surface area contributed by atoms with Crippen molar-refractivity contribution >= 4 is 0 Å². The lowest BCUT2D eigenvalue weighted by atomic mass is 10.1. The van der Waals surface area contributed by atoms with Gasteiger partial charge in [-0.2, -0.15) is 0 Å². The molecule has 0 bridgehead atoms. The highest BCUT2D eigenvalue weighted by molar-refractivity contribution is 5.50. The standard InChI is InChI=1S/C16H28N2O3/c1-12(2)18(3)8-7-17-11-13-9-15(20-5)16(21-6)10-14(13)19-4/h9-10,12,17H,7-8,11H2,1-6H3. The predicted octanol–water partition coefficient (Wildman–Crippen LogP) is 2.14. The maximum atomic E-state index is 5.42. The van der Waals surface area contributed by atoms with Crippen LogP contribution in [0.4, 0.5) is 0 Å². The first-order valence-corrected chi connectivity index (χ1v) is 7.23. The van der Waals surface area contributed by atoms with Gasteiger partial charge in [-0.1, -0.05) is 0 Å². The molecular weight excluding hydrogens is 268 g/mol. The molecule has 0 saturated carbocycles. The van der Waals surface area contributed by atoms with Crippen LogP contribution in [0.25, 0.3) is 0 Å². The second kappa shape index (κ2) is 8.74. The molecule has 0 aliphatic heterocycles. The molecule has 5 heteroatoms. The summed E-state index contributed by atoms with van der Waals surface area (Å²) in [4.78, 5) is 2.30. The second-order valence-corrected chi connectivity index (χ2v) is 5.27. The Bertz CT molecular complexity index is 436. The maximum absolute atomic E-state index is 5.42. The molecule has 1 N–H and O–H groups in total. The zero-order valence-electron chi connectivity index (χ0n) is 14.0. The molecule has 1 rings (SSSR count). The Hall–Kier alpha value is -1.46. The van der Waals surface area contributed by atoms with Crippen molar-refractivity contribution in [3.63, 3.8) is 0 Å². The topological polar surface area (TPSA) is 43.0 Å². The van der Waals surface area contributed by atoms with Crippen LogP contribution in [0.5, 0.6) is 17.2 Å². The average Bonchev–Trinajstić information content (AvgIpc) is 2.50. The molecule has 120 valence electrons. The van der Waals surface area contributed by atoms with Crippen molar-refractivity contribution in [3.05, 3.63) is 17.7 Å². The zero-order chi connectivity index (χ0) is 15.8. The Kier molecular flexibility index (Phi) is 7.32. The SMILES string of the molecule is COc1cc(OC)c(OC)cc1CNCCN(C)C(C)C. The van der Waals surface area contributed by atoms with Gasteiger partial charge in [-0.25, -0.2) is 0 Å². The third-order valence-corrected chi connectivity index (χ3v) is 3.62. The Balaban J connectivity index is 2.65. The molecule has 0 spiro atoms. The van der Waals surface area contributed by atoms with Gasteiger partial charge in [0.15, 0.2) is 11.5 Å². The first-order valence-electron chi connectivity index (χ1n) is 7.23. The van der Waals surface area contributed by atoms with Crippen LogP contribution in [-0.4, -0.2) is 52.4 Å². The second-order valence-electron chi connectivity index (χ2n) is 5.27. The van der Waals surface area contributed by atoms with Crippen molar-refractivity contribution in [2.45, 2.75) is 26.4 Å². The highest BCUT2D eigenvalue weighted by Gasteiger charge is 2.11. The third-order valence-electron chi connectivity index (χ3n) is 3.62. The highest BCUT2D eigenvalue weighted by atomic mass is 16.5. The van der Waals surface area contributed by atoms with E-state index in [0.29, 0.717) is 11.8 Å². The summed E-state index contributed by atoms with van der Waals surface area (Å²) in [6.45, 7) is 7.05. The van der Waals surface area contributed by atoms with E-state index in [0.717, 1.165) is 36.7 Å². The van der Waals surface area contributed by atoms with Crippen molar-refractivity contribution in [1.82, 2.24) is 10.2 Å². The Morgan fingerprint density at radius 3 is 2.10 bits per heavy atom. The molecule has 0 heterocycles. The summed E-state index contributed by atoms with van der Waals surface area (Å²) in [5, 5.41) is 3.43. The van der Waals surface area contributed by atoms with Crippen molar-refractivity contribution < 1.29 is 14.2 Å². The summed E-state index contributed by atoms with van der Waals surface area (Å²) in [5.41, 5.74) is 1.06. The summed E-state index contributed by atoms with van der Waals surface area (Å²) in [6, 6.07) is 4.37. The number of rotatable bonds is 9. The van der Waals surface area contributed by atoms with E-state index in [1.165, 1.54) is 0 Å². The lowest BCUT2D eigenvalue weighted by molar-refractivity contribution is 0.273. The van der Waals surface area contributed by atoms with E-state index in [1.807, 2.05) is 12.1 Å². The molecule has 0 fully saturated rings. The molecular formula is C16H28N2O3. The highest BCUT2D eigenvalue weighted by Crippen LogP contribution is 2.34. The minimum atomic E-state index is 0.558. The van der Waals surface area contributed by atoms with Crippen LogP contribution in [0.15, 0.2) is 12.1 Å². The fourth-order valence-electron chi connectivity index (χ4n) is 1.97. The molecule has 0 unspecified atom stereocenters. The molecule has 1 aromatic carbocycles. The molecule has 21 heavy (non-hydrogen) atoms.